The predicted molar refractivity (Wildman–Crippen MR) is 83.5 cm³/mol. The minimum Gasteiger partial charge on any atom is -0.481 e. The van der Waals surface area contributed by atoms with Crippen LogP contribution < -0.4 is 5.32 Å². The highest BCUT2D eigenvalue weighted by atomic mass is 16.5. The van der Waals surface area contributed by atoms with Crippen LogP contribution in [0.2, 0.25) is 0 Å². The summed E-state index contributed by atoms with van der Waals surface area (Å²) in [6.07, 6.45) is 4.25. The molecule has 0 radical (unpaired) electrons. The normalized spacial score (nSPS) is 13.4. The third-order valence-electron chi connectivity index (χ3n) is 3.98. The van der Waals surface area contributed by atoms with E-state index in [9.17, 15) is 9.59 Å². The van der Waals surface area contributed by atoms with Crippen LogP contribution in [0.1, 0.15) is 46.6 Å². The summed E-state index contributed by atoms with van der Waals surface area (Å²) in [5, 5.41) is 15.5. The number of aliphatic carboxylic acids is 1. The molecule has 0 spiro atoms. The van der Waals surface area contributed by atoms with Gasteiger partial charge in [-0.15, -0.1) is 0 Å². The molecule has 0 fully saturated rings. The van der Waals surface area contributed by atoms with E-state index in [1.807, 2.05) is 6.07 Å². The molecule has 0 bridgehead atoms. The van der Waals surface area contributed by atoms with Crippen LogP contribution in [0.5, 0.6) is 0 Å². The molecular formula is C17H18N2O4. The van der Waals surface area contributed by atoms with Crippen molar-refractivity contribution < 1.29 is 19.2 Å². The van der Waals surface area contributed by atoms with E-state index in [4.69, 9.17) is 9.63 Å². The molecule has 0 saturated carbocycles. The first-order valence-corrected chi connectivity index (χ1v) is 7.73. The lowest BCUT2D eigenvalue weighted by Crippen LogP contribution is -2.15. The number of anilines is 1. The van der Waals surface area contributed by atoms with Crippen molar-refractivity contribution in [2.24, 2.45) is 0 Å². The minimum atomic E-state index is -0.839. The Labute approximate surface area is 133 Å². The van der Waals surface area contributed by atoms with Gasteiger partial charge >= 0.3 is 5.97 Å². The minimum absolute atomic E-state index is 0.0637. The van der Waals surface area contributed by atoms with Crippen LogP contribution >= 0.6 is 0 Å². The summed E-state index contributed by atoms with van der Waals surface area (Å²) < 4.78 is 5.26. The fourth-order valence-electron chi connectivity index (χ4n) is 2.81. The Morgan fingerprint density at radius 3 is 2.91 bits per heavy atom. The largest absolute Gasteiger partial charge is 0.481 e. The number of hydrogen-bond donors (Lipinski definition) is 2. The maximum absolute atomic E-state index is 12.4. The summed E-state index contributed by atoms with van der Waals surface area (Å²) in [6, 6.07) is 7.20. The molecule has 0 unspecified atom stereocenters. The van der Waals surface area contributed by atoms with Gasteiger partial charge in [-0.25, -0.2) is 0 Å². The number of aryl methyl sites for hydroxylation is 2. The van der Waals surface area contributed by atoms with E-state index in [1.54, 1.807) is 18.2 Å². The standard InChI is InChI=1S/C17H18N2O4/c20-15(21)9-8-11-4-3-5-12(10-11)18-17(22)16-13-6-1-2-7-14(13)23-19-16/h3-5,10H,1-2,6-9H2,(H,18,22)(H,20,21). The summed E-state index contributed by atoms with van der Waals surface area (Å²) in [4.78, 5) is 23.0. The third-order valence-corrected chi connectivity index (χ3v) is 3.98. The zero-order valence-corrected chi connectivity index (χ0v) is 12.7. The topological polar surface area (TPSA) is 92.4 Å². The summed E-state index contributed by atoms with van der Waals surface area (Å²) in [5.41, 5.74) is 2.77. The van der Waals surface area contributed by atoms with E-state index in [-0.39, 0.29) is 12.3 Å². The summed E-state index contributed by atoms with van der Waals surface area (Å²) in [7, 11) is 0. The van der Waals surface area contributed by atoms with Gasteiger partial charge in [0.1, 0.15) is 5.76 Å². The fraction of sp³-hybridized carbons (Fsp3) is 0.353. The molecule has 1 heterocycles. The van der Waals surface area contributed by atoms with E-state index in [0.717, 1.165) is 42.6 Å². The SMILES string of the molecule is O=C(O)CCc1cccc(NC(=O)c2noc3c2CCCC3)c1. The molecule has 6 heteroatoms. The molecule has 1 amide bonds. The second kappa shape index (κ2) is 6.64. The molecule has 3 rings (SSSR count). The number of carbonyl (C=O) groups is 2. The molecule has 1 aromatic heterocycles. The molecule has 2 N–H and O–H groups in total. The van der Waals surface area contributed by atoms with Crippen molar-refractivity contribution in [3.8, 4) is 0 Å². The molecule has 120 valence electrons. The molecule has 1 aliphatic carbocycles. The molecule has 6 nitrogen and oxygen atoms in total. The maximum atomic E-state index is 12.4. The van der Waals surface area contributed by atoms with Crippen LogP contribution in [0.3, 0.4) is 0 Å². The van der Waals surface area contributed by atoms with E-state index in [1.165, 1.54) is 0 Å². The lowest BCUT2D eigenvalue weighted by Gasteiger charge is -2.10. The maximum Gasteiger partial charge on any atom is 0.303 e. The number of amides is 1. The highest BCUT2D eigenvalue weighted by molar-refractivity contribution is 6.04. The van der Waals surface area contributed by atoms with E-state index < -0.39 is 5.97 Å². The molecule has 0 atom stereocenters. The van der Waals surface area contributed by atoms with Crippen LogP contribution in [0.25, 0.3) is 0 Å². The van der Waals surface area contributed by atoms with Crippen molar-refractivity contribution in [1.29, 1.82) is 0 Å². The molecule has 0 saturated heterocycles. The Hall–Kier alpha value is -2.63. The van der Waals surface area contributed by atoms with Crippen LogP contribution in [-0.2, 0) is 24.1 Å². The van der Waals surface area contributed by atoms with Crippen molar-refractivity contribution >= 4 is 17.6 Å². The third kappa shape index (κ3) is 3.59. The van der Waals surface area contributed by atoms with Crippen LogP contribution in [0, 0.1) is 0 Å². The van der Waals surface area contributed by atoms with Gasteiger partial charge in [-0.1, -0.05) is 17.3 Å². The van der Waals surface area contributed by atoms with Crippen molar-refractivity contribution in [3.63, 3.8) is 0 Å². The zero-order valence-electron chi connectivity index (χ0n) is 12.7. The van der Waals surface area contributed by atoms with Crippen molar-refractivity contribution in [2.45, 2.75) is 38.5 Å². The molecule has 0 aliphatic heterocycles. The van der Waals surface area contributed by atoms with Crippen molar-refractivity contribution in [2.75, 3.05) is 5.32 Å². The molecule has 2 aromatic rings. The lowest BCUT2D eigenvalue weighted by molar-refractivity contribution is -0.136. The van der Waals surface area contributed by atoms with Crippen molar-refractivity contribution in [3.05, 3.63) is 46.8 Å². The van der Waals surface area contributed by atoms with Gasteiger partial charge in [0.15, 0.2) is 5.69 Å². The van der Waals surface area contributed by atoms with Gasteiger partial charge in [0.2, 0.25) is 0 Å². The number of carbonyl (C=O) groups excluding carboxylic acids is 1. The second-order valence-corrected chi connectivity index (χ2v) is 5.69. The molecule has 1 aromatic carbocycles. The van der Waals surface area contributed by atoms with Gasteiger partial charge in [0.05, 0.1) is 0 Å². The quantitative estimate of drug-likeness (QED) is 0.885. The van der Waals surface area contributed by atoms with Gasteiger partial charge in [-0.3, -0.25) is 9.59 Å². The Morgan fingerprint density at radius 2 is 2.09 bits per heavy atom. The highest BCUT2D eigenvalue weighted by Crippen LogP contribution is 2.25. The predicted octanol–water partition coefficient (Wildman–Crippen LogP) is 2.82. The molecular weight excluding hydrogens is 296 g/mol. The van der Waals surface area contributed by atoms with Gasteiger partial charge < -0.3 is 14.9 Å². The zero-order chi connectivity index (χ0) is 16.2. The second-order valence-electron chi connectivity index (χ2n) is 5.69. The van der Waals surface area contributed by atoms with E-state index in [2.05, 4.69) is 10.5 Å². The van der Waals surface area contributed by atoms with E-state index >= 15 is 0 Å². The van der Waals surface area contributed by atoms with Crippen LogP contribution in [0.15, 0.2) is 28.8 Å². The number of benzene rings is 1. The van der Waals surface area contributed by atoms with Gasteiger partial charge in [-0.05, 0) is 43.4 Å². The number of carboxylic acids is 1. The number of aromatic nitrogens is 1. The fourth-order valence-corrected chi connectivity index (χ4v) is 2.81. The number of rotatable bonds is 5. The summed E-state index contributed by atoms with van der Waals surface area (Å²) >= 11 is 0. The first kappa shape index (κ1) is 15.3. The van der Waals surface area contributed by atoms with Crippen LogP contribution in [0.4, 0.5) is 5.69 Å². The smallest absolute Gasteiger partial charge is 0.303 e. The highest BCUT2D eigenvalue weighted by Gasteiger charge is 2.23. The Kier molecular flexibility index (Phi) is 4.41. The number of nitrogens with one attached hydrogen (secondary N) is 1. The number of carboxylic acid groups (broad SMARTS) is 1. The monoisotopic (exact) mass is 314 g/mol. The van der Waals surface area contributed by atoms with Gasteiger partial charge in [0.25, 0.3) is 5.91 Å². The van der Waals surface area contributed by atoms with Crippen LogP contribution in [-0.4, -0.2) is 22.1 Å². The Balaban J connectivity index is 1.71. The van der Waals surface area contributed by atoms with Gasteiger partial charge in [-0.2, -0.15) is 0 Å². The summed E-state index contributed by atoms with van der Waals surface area (Å²) in [5.74, 6) is -0.308. The number of hydrogen-bond acceptors (Lipinski definition) is 4. The average molecular weight is 314 g/mol. The average Bonchev–Trinajstić information content (AvgIpc) is 2.97. The number of fused-ring (bicyclic) bond motifs is 1. The Morgan fingerprint density at radius 1 is 1.26 bits per heavy atom. The Bertz CT molecular complexity index is 736. The summed E-state index contributed by atoms with van der Waals surface area (Å²) in [6.45, 7) is 0. The first-order valence-electron chi connectivity index (χ1n) is 7.73. The molecule has 23 heavy (non-hydrogen) atoms. The van der Waals surface area contributed by atoms with Gasteiger partial charge in [0, 0.05) is 24.1 Å². The van der Waals surface area contributed by atoms with E-state index in [0.29, 0.717) is 17.8 Å². The number of nitrogens with zero attached hydrogens (tertiary/aromatic N) is 1. The first-order chi connectivity index (χ1) is 11.1. The molecule has 1 aliphatic rings. The lowest BCUT2D eigenvalue weighted by atomic mass is 9.96. The van der Waals surface area contributed by atoms with Crippen molar-refractivity contribution in [1.82, 2.24) is 5.16 Å².